The van der Waals surface area contributed by atoms with Crippen LogP contribution in [0.15, 0.2) is 54.7 Å². The highest BCUT2D eigenvalue weighted by Crippen LogP contribution is 2.30. The molecule has 0 aliphatic carbocycles. The largest absolute Gasteiger partial charge is 0.494 e. The second-order valence-electron chi connectivity index (χ2n) is 9.01. The number of fused-ring (bicyclic) bond motifs is 1. The van der Waals surface area contributed by atoms with E-state index in [1.54, 1.807) is 0 Å². The Morgan fingerprint density at radius 2 is 1.88 bits per heavy atom. The third-order valence-corrected chi connectivity index (χ3v) is 6.52. The van der Waals surface area contributed by atoms with E-state index in [1.165, 1.54) is 36.9 Å². The zero-order valence-corrected chi connectivity index (χ0v) is 20.0. The number of H-pyrrole nitrogens is 1. The molecule has 0 fully saturated rings. The third kappa shape index (κ3) is 5.75. The molecule has 2 heterocycles. The number of benzene rings is 2. The van der Waals surface area contributed by atoms with Crippen LogP contribution < -0.4 is 4.74 Å². The van der Waals surface area contributed by atoms with E-state index in [2.05, 4.69) is 36.0 Å². The lowest BCUT2D eigenvalue weighted by atomic mass is 9.96. The summed E-state index contributed by atoms with van der Waals surface area (Å²) in [6, 6.07) is 13.5. The summed E-state index contributed by atoms with van der Waals surface area (Å²) in [7, 11) is 0. The molecular formula is C29H36N2O2. The van der Waals surface area contributed by atoms with Crippen LogP contribution in [0.25, 0.3) is 16.5 Å². The molecule has 0 bridgehead atoms. The van der Waals surface area contributed by atoms with Crippen LogP contribution in [0.5, 0.6) is 5.75 Å². The van der Waals surface area contributed by atoms with E-state index in [9.17, 15) is 4.79 Å². The Balaban J connectivity index is 1.52. The average molecular weight is 445 g/mol. The van der Waals surface area contributed by atoms with Gasteiger partial charge in [-0.1, -0.05) is 51.3 Å². The Hall–Kier alpha value is -2.85. The van der Waals surface area contributed by atoms with Crippen molar-refractivity contribution in [3.8, 4) is 5.75 Å². The molecule has 2 aromatic carbocycles. The van der Waals surface area contributed by atoms with E-state index < -0.39 is 0 Å². The van der Waals surface area contributed by atoms with Crippen molar-refractivity contribution >= 4 is 22.3 Å². The highest BCUT2D eigenvalue weighted by molar-refractivity contribution is 6.11. The van der Waals surface area contributed by atoms with Crippen LogP contribution in [0.4, 0.5) is 0 Å². The molecule has 4 nitrogen and oxygen atoms in total. The van der Waals surface area contributed by atoms with Gasteiger partial charge in [-0.3, -0.25) is 9.69 Å². The van der Waals surface area contributed by atoms with E-state index in [1.807, 2.05) is 42.5 Å². The molecule has 0 saturated carbocycles. The van der Waals surface area contributed by atoms with Gasteiger partial charge >= 0.3 is 0 Å². The highest BCUT2D eigenvalue weighted by atomic mass is 16.5. The Bertz CT molecular complexity index is 1110. The number of nitrogens with one attached hydrogen (secondary N) is 1. The molecule has 1 aromatic heterocycles. The van der Waals surface area contributed by atoms with Crippen molar-refractivity contribution in [3.63, 3.8) is 0 Å². The number of aromatic nitrogens is 1. The molecule has 33 heavy (non-hydrogen) atoms. The van der Waals surface area contributed by atoms with Crippen molar-refractivity contribution in [2.75, 3.05) is 26.2 Å². The van der Waals surface area contributed by atoms with Crippen LogP contribution in [0, 0.1) is 0 Å². The van der Waals surface area contributed by atoms with Gasteiger partial charge < -0.3 is 9.72 Å². The number of hydrogen-bond donors (Lipinski definition) is 1. The first kappa shape index (κ1) is 23.3. The predicted molar refractivity (Wildman–Crippen MR) is 137 cm³/mol. The van der Waals surface area contributed by atoms with Gasteiger partial charge in [-0.05, 0) is 61.7 Å². The highest BCUT2D eigenvalue weighted by Gasteiger charge is 2.17. The maximum atomic E-state index is 13.3. The van der Waals surface area contributed by atoms with E-state index >= 15 is 0 Å². The number of ketones is 1. The molecule has 0 saturated heterocycles. The molecular weight excluding hydrogens is 408 g/mol. The second kappa shape index (κ2) is 11.3. The summed E-state index contributed by atoms with van der Waals surface area (Å²) in [5.74, 6) is 0.790. The summed E-state index contributed by atoms with van der Waals surface area (Å²) in [6.45, 7) is 8.37. The predicted octanol–water partition coefficient (Wildman–Crippen LogP) is 6.86. The van der Waals surface area contributed by atoms with Gasteiger partial charge in [0.1, 0.15) is 5.75 Å². The quantitative estimate of drug-likeness (QED) is 0.260. The fourth-order valence-corrected chi connectivity index (χ4v) is 4.50. The molecule has 0 unspecified atom stereocenters. The van der Waals surface area contributed by atoms with Gasteiger partial charge in [0.15, 0.2) is 5.78 Å². The van der Waals surface area contributed by atoms with Crippen LogP contribution in [0.2, 0.25) is 0 Å². The van der Waals surface area contributed by atoms with Crippen LogP contribution >= 0.6 is 0 Å². The lowest BCUT2D eigenvalue weighted by molar-refractivity contribution is 0.103. The minimum atomic E-state index is 0.0321. The second-order valence-corrected chi connectivity index (χ2v) is 9.01. The molecule has 4 heteroatoms. The number of carbonyl (C=O) groups is 1. The van der Waals surface area contributed by atoms with E-state index in [0.29, 0.717) is 17.7 Å². The summed E-state index contributed by atoms with van der Waals surface area (Å²) in [6.07, 6.45) is 11.5. The molecule has 174 valence electrons. The summed E-state index contributed by atoms with van der Waals surface area (Å²) in [5, 5.41) is 1.13. The molecule has 3 aromatic rings. The van der Waals surface area contributed by atoms with Crippen molar-refractivity contribution in [1.29, 1.82) is 0 Å². The SMILES string of the molecule is CCCCCN1CC=C(c2c[nH]c3ccc(C(=O)c4cccc(OCCCC)c4)cc23)CC1. The number of nitrogens with zero attached hydrogens (tertiary/aromatic N) is 1. The Morgan fingerprint density at radius 1 is 1.03 bits per heavy atom. The van der Waals surface area contributed by atoms with Gasteiger partial charge in [0.2, 0.25) is 0 Å². The van der Waals surface area contributed by atoms with Crippen LogP contribution in [0.1, 0.15) is 73.9 Å². The lowest BCUT2D eigenvalue weighted by Gasteiger charge is -2.26. The zero-order valence-electron chi connectivity index (χ0n) is 20.0. The van der Waals surface area contributed by atoms with Crippen molar-refractivity contribution in [1.82, 2.24) is 9.88 Å². The number of ether oxygens (including phenoxy) is 1. The fraction of sp³-hybridized carbons (Fsp3) is 0.414. The van der Waals surface area contributed by atoms with Gasteiger partial charge in [0.25, 0.3) is 0 Å². The van der Waals surface area contributed by atoms with E-state index in [4.69, 9.17) is 4.74 Å². The molecule has 4 rings (SSSR count). The van der Waals surface area contributed by atoms with Crippen LogP contribution in [-0.2, 0) is 0 Å². The Kier molecular flexibility index (Phi) is 8.01. The first-order valence-electron chi connectivity index (χ1n) is 12.5. The van der Waals surface area contributed by atoms with Crippen molar-refractivity contribution < 1.29 is 9.53 Å². The van der Waals surface area contributed by atoms with Gasteiger partial charge in [0.05, 0.1) is 6.61 Å². The molecule has 0 atom stereocenters. The monoisotopic (exact) mass is 444 g/mol. The topological polar surface area (TPSA) is 45.3 Å². The number of aromatic amines is 1. The van der Waals surface area contributed by atoms with Crippen LogP contribution in [0.3, 0.4) is 0 Å². The average Bonchev–Trinajstić information content (AvgIpc) is 3.28. The smallest absolute Gasteiger partial charge is 0.193 e. The zero-order chi connectivity index (χ0) is 23.0. The van der Waals surface area contributed by atoms with Gasteiger partial charge in [-0.25, -0.2) is 0 Å². The molecule has 0 spiro atoms. The maximum Gasteiger partial charge on any atom is 0.193 e. The molecule has 0 amide bonds. The van der Waals surface area contributed by atoms with Crippen molar-refractivity contribution in [2.45, 2.75) is 52.4 Å². The lowest BCUT2D eigenvalue weighted by Crippen LogP contribution is -2.29. The minimum absolute atomic E-state index is 0.0321. The van der Waals surface area contributed by atoms with Gasteiger partial charge in [-0.2, -0.15) is 0 Å². The number of carbonyl (C=O) groups excluding carboxylic acids is 1. The molecule has 1 aliphatic heterocycles. The van der Waals surface area contributed by atoms with Crippen molar-refractivity contribution in [3.05, 3.63) is 71.4 Å². The van der Waals surface area contributed by atoms with Gasteiger partial charge in [0, 0.05) is 46.9 Å². The summed E-state index contributed by atoms with van der Waals surface area (Å²) >= 11 is 0. The van der Waals surface area contributed by atoms with Gasteiger partial charge in [-0.15, -0.1) is 0 Å². The Morgan fingerprint density at radius 3 is 2.67 bits per heavy atom. The van der Waals surface area contributed by atoms with E-state index in [0.717, 1.165) is 49.0 Å². The first-order valence-corrected chi connectivity index (χ1v) is 12.5. The number of unbranched alkanes of at least 4 members (excludes halogenated alkanes) is 3. The standard InChI is InChI=1S/C29H36N2O2/c1-3-5-7-15-31-16-13-22(14-17-31)27-21-30-28-12-11-24(20-26(27)28)29(32)23-9-8-10-25(19-23)33-18-6-4-2/h8-13,19-21,30H,3-7,14-18H2,1-2H3. The molecule has 1 aliphatic rings. The van der Waals surface area contributed by atoms with Crippen molar-refractivity contribution in [2.24, 2.45) is 0 Å². The summed E-state index contributed by atoms with van der Waals surface area (Å²) in [5.41, 5.74) is 5.06. The van der Waals surface area contributed by atoms with Crippen LogP contribution in [-0.4, -0.2) is 41.9 Å². The maximum absolute atomic E-state index is 13.3. The Labute approximate surface area is 197 Å². The number of rotatable bonds is 11. The molecule has 1 N–H and O–H groups in total. The molecule has 0 radical (unpaired) electrons. The minimum Gasteiger partial charge on any atom is -0.494 e. The fourth-order valence-electron chi connectivity index (χ4n) is 4.50. The number of hydrogen-bond acceptors (Lipinski definition) is 3. The summed E-state index contributed by atoms with van der Waals surface area (Å²) in [4.78, 5) is 19.2. The summed E-state index contributed by atoms with van der Waals surface area (Å²) < 4.78 is 5.80. The first-order chi connectivity index (χ1) is 16.2. The normalized spacial score (nSPS) is 14.4. The third-order valence-electron chi connectivity index (χ3n) is 6.52. The van der Waals surface area contributed by atoms with E-state index in [-0.39, 0.29) is 5.78 Å².